The molecular weight excluding hydrogens is 627 g/mol. The molecule has 0 fully saturated rings. The van der Waals surface area contributed by atoms with Crippen LogP contribution < -0.4 is 0 Å². The minimum Gasteiger partial charge on any atom is -0.400 e. The molecule has 0 N–H and O–H groups in total. The van der Waals surface area contributed by atoms with E-state index >= 15 is 0 Å². The molecule has 0 aliphatic rings. The van der Waals surface area contributed by atoms with Gasteiger partial charge < -0.3 is 13.3 Å². The summed E-state index contributed by atoms with van der Waals surface area (Å²) in [6.07, 6.45) is 53.7. The molecule has 0 bridgehead atoms. The topological polar surface area (TPSA) is 18.5 Å². The summed E-state index contributed by atoms with van der Waals surface area (Å²) in [5, 5.41) is 0. The van der Waals surface area contributed by atoms with Gasteiger partial charge in [0.25, 0.3) is 0 Å². The fourth-order valence-corrected chi connectivity index (χ4v) is 9.28. The lowest BCUT2D eigenvalue weighted by Gasteiger charge is -2.35. The van der Waals surface area contributed by atoms with E-state index < -0.39 is 9.28 Å². The maximum Gasteiger partial charge on any atom is 0.321 e. The van der Waals surface area contributed by atoms with Gasteiger partial charge in [-0.2, -0.15) is 0 Å². The average molecular weight is 725 g/mol. The van der Waals surface area contributed by atoms with E-state index in [1.807, 2.05) is 14.2 Å². The second kappa shape index (κ2) is 41.8. The Labute approximate surface area is 320 Å². The summed E-state index contributed by atoms with van der Waals surface area (Å²) < 4.78 is 12.5. The molecule has 0 radical (unpaired) electrons. The van der Waals surface area contributed by atoms with Crippen LogP contribution in [0.3, 0.4) is 0 Å². The first kappa shape index (κ1) is 50.1. The number of nitrogens with zero attached hydrogens (tertiary/aromatic N) is 1. The Kier molecular flexibility index (Phi) is 41.9. The second-order valence-corrected chi connectivity index (χ2v) is 19.2. The van der Waals surface area contributed by atoms with Crippen LogP contribution in [0.25, 0.3) is 0 Å². The standard InChI is InChI=1S/C46H98NO2Si/c1-6-8-10-12-14-16-18-20-22-24-26-28-30-32-34-36-38-40-43-47(3,45-42-46-50(48-4)49-5)44-41-39-37-35-33-31-29-27-25-23-21-19-17-15-13-11-9-7-2/h50H,6-46H2,1-5H3/q+1. The number of hydrogen-bond acceptors (Lipinski definition) is 2. The second-order valence-electron chi connectivity index (χ2n) is 16.9. The van der Waals surface area contributed by atoms with Gasteiger partial charge in [0.1, 0.15) is 0 Å². The summed E-state index contributed by atoms with van der Waals surface area (Å²) in [6, 6.07) is 1.15. The molecule has 0 amide bonds. The van der Waals surface area contributed by atoms with Gasteiger partial charge in [0, 0.05) is 14.2 Å². The van der Waals surface area contributed by atoms with Crippen molar-refractivity contribution in [1.29, 1.82) is 0 Å². The van der Waals surface area contributed by atoms with Crippen molar-refractivity contribution in [3.63, 3.8) is 0 Å². The predicted octanol–water partition coefficient (Wildman–Crippen LogP) is 15.4. The van der Waals surface area contributed by atoms with Crippen LogP contribution in [0.5, 0.6) is 0 Å². The van der Waals surface area contributed by atoms with E-state index in [0.717, 1.165) is 6.04 Å². The molecule has 302 valence electrons. The summed E-state index contributed by atoms with van der Waals surface area (Å²) in [5.41, 5.74) is 0. The van der Waals surface area contributed by atoms with Gasteiger partial charge in [-0.1, -0.05) is 219 Å². The molecule has 0 unspecified atom stereocenters. The first-order valence-corrected chi connectivity index (χ1v) is 25.3. The van der Waals surface area contributed by atoms with Crippen LogP contribution in [-0.4, -0.2) is 54.7 Å². The quantitative estimate of drug-likeness (QED) is 0.0354. The molecular formula is C46H98NO2Si+. The van der Waals surface area contributed by atoms with Gasteiger partial charge in [-0.15, -0.1) is 0 Å². The lowest BCUT2D eigenvalue weighted by Crippen LogP contribution is -2.46. The molecule has 0 aromatic heterocycles. The Morgan fingerprint density at radius 1 is 0.300 bits per heavy atom. The highest BCUT2D eigenvalue weighted by atomic mass is 28.3. The van der Waals surface area contributed by atoms with Crippen LogP contribution in [0.4, 0.5) is 0 Å². The van der Waals surface area contributed by atoms with E-state index in [2.05, 4.69) is 20.9 Å². The summed E-state index contributed by atoms with van der Waals surface area (Å²) in [6.45, 7) is 8.65. The van der Waals surface area contributed by atoms with E-state index in [1.165, 1.54) is 262 Å². The number of unbranched alkanes of at least 4 members (excludes halogenated alkanes) is 34. The molecule has 0 aromatic rings. The minimum absolute atomic E-state index is 1.15. The molecule has 0 spiro atoms. The highest BCUT2D eigenvalue weighted by Gasteiger charge is 2.22. The van der Waals surface area contributed by atoms with Gasteiger partial charge in [-0.25, -0.2) is 0 Å². The smallest absolute Gasteiger partial charge is 0.321 e. The van der Waals surface area contributed by atoms with Crippen LogP contribution in [0, 0.1) is 0 Å². The maximum absolute atomic E-state index is 5.62. The fourth-order valence-electron chi connectivity index (χ4n) is 8.10. The zero-order valence-corrected chi connectivity index (χ0v) is 37.0. The van der Waals surface area contributed by atoms with Gasteiger partial charge in [-0.05, 0) is 38.1 Å². The molecule has 0 saturated carbocycles. The van der Waals surface area contributed by atoms with E-state index in [1.54, 1.807) is 0 Å². The summed E-state index contributed by atoms with van der Waals surface area (Å²) in [4.78, 5) is 0. The van der Waals surface area contributed by atoms with E-state index in [0.29, 0.717) is 0 Å². The molecule has 0 rings (SSSR count). The van der Waals surface area contributed by atoms with Crippen LogP contribution in [0.15, 0.2) is 0 Å². The van der Waals surface area contributed by atoms with Gasteiger partial charge in [0.15, 0.2) is 0 Å². The molecule has 0 saturated heterocycles. The van der Waals surface area contributed by atoms with Crippen LogP contribution >= 0.6 is 0 Å². The van der Waals surface area contributed by atoms with Crippen molar-refractivity contribution in [3.05, 3.63) is 0 Å². The van der Waals surface area contributed by atoms with E-state index in [4.69, 9.17) is 8.85 Å². The van der Waals surface area contributed by atoms with Gasteiger partial charge in [0.2, 0.25) is 0 Å². The monoisotopic (exact) mass is 725 g/mol. The first-order chi connectivity index (χ1) is 24.6. The van der Waals surface area contributed by atoms with Crippen molar-refractivity contribution in [3.8, 4) is 0 Å². The molecule has 0 aliphatic carbocycles. The summed E-state index contributed by atoms with van der Waals surface area (Å²) >= 11 is 0. The number of quaternary nitrogens is 1. The van der Waals surface area contributed by atoms with Crippen molar-refractivity contribution in [2.24, 2.45) is 0 Å². The SMILES string of the molecule is CCCCCCCCCCCCCCCCCCCC[N+](C)(CCCCCCCCCCCCCCCCCCCC)CCC[SiH](OC)OC. The Morgan fingerprint density at radius 2 is 0.500 bits per heavy atom. The molecule has 0 aliphatic heterocycles. The molecule has 4 heteroatoms. The Morgan fingerprint density at radius 3 is 0.720 bits per heavy atom. The van der Waals surface area contributed by atoms with Crippen molar-refractivity contribution in [1.82, 2.24) is 0 Å². The zero-order chi connectivity index (χ0) is 36.5. The van der Waals surface area contributed by atoms with Crippen molar-refractivity contribution in [2.75, 3.05) is 40.9 Å². The average Bonchev–Trinajstić information content (AvgIpc) is 3.12. The van der Waals surface area contributed by atoms with Crippen molar-refractivity contribution in [2.45, 2.75) is 257 Å². The molecule has 3 nitrogen and oxygen atoms in total. The predicted molar refractivity (Wildman–Crippen MR) is 229 cm³/mol. The fraction of sp³-hybridized carbons (Fsp3) is 1.00. The minimum atomic E-state index is -1.43. The largest absolute Gasteiger partial charge is 0.400 e. The maximum atomic E-state index is 5.62. The van der Waals surface area contributed by atoms with Crippen molar-refractivity contribution >= 4 is 9.28 Å². The number of rotatable bonds is 44. The van der Waals surface area contributed by atoms with E-state index in [-0.39, 0.29) is 0 Å². The molecule has 50 heavy (non-hydrogen) atoms. The third kappa shape index (κ3) is 37.8. The van der Waals surface area contributed by atoms with Crippen LogP contribution in [0.2, 0.25) is 6.04 Å². The van der Waals surface area contributed by atoms with Crippen LogP contribution in [-0.2, 0) is 8.85 Å². The highest BCUT2D eigenvalue weighted by Crippen LogP contribution is 2.19. The van der Waals surface area contributed by atoms with Gasteiger partial charge in [-0.3, -0.25) is 0 Å². The Hall–Kier alpha value is 0.0969. The lowest BCUT2D eigenvalue weighted by atomic mass is 10.0. The third-order valence-corrected chi connectivity index (χ3v) is 13.7. The Bertz CT molecular complexity index is 573. The first-order valence-electron chi connectivity index (χ1n) is 23.5. The summed E-state index contributed by atoms with van der Waals surface area (Å²) in [7, 11) is 4.80. The van der Waals surface area contributed by atoms with Crippen LogP contribution in [0.1, 0.15) is 251 Å². The highest BCUT2D eigenvalue weighted by molar-refractivity contribution is 6.44. The normalized spacial score (nSPS) is 12.1. The molecule has 0 aromatic carbocycles. The molecule has 0 atom stereocenters. The lowest BCUT2D eigenvalue weighted by molar-refractivity contribution is -0.910. The third-order valence-electron chi connectivity index (χ3n) is 11.8. The van der Waals surface area contributed by atoms with E-state index in [9.17, 15) is 0 Å². The zero-order valence-electron chi connectivity index (χ0n) is 35.8. The number of hydrogen-bond donors (Lipinski definition) is 0. The van der Waals surface area contributed by atoms with Crippen molar-refractivity contribution < 1.29 is 13.3 Å². The Balaban J connectivity index is 3.86. The molecule has 0 heterocycles. The summed E-state index contributed by atoms with van der Waals surface area (Å²) in [5.74, 6) is 0. The van der Waals surface area contributed by atoms with Gasteiger partial charge in [0.05, 0.1) is 26.7 Å². The van der Waals surface area contributed by atoms with Gasteiger partial charge >= 0.3 is 9.28 Å².